The van der Waals surface area contributed by atoms with E-state index in [2.05, 4.69) is 51.2 Å². The van der Waals surface area contributed by atoms with E-state index in [0.29, 0.717) is 13.1 Å². The average molecular weight is 390 g/mol. The van der Waals surface area contributed by atoms with Gasteiger partial charge in [0, 0.05) is 39.9 Å². The second-order valence-electron chi connectivity index (χ2n) is 6.80. The first-order valence-electron chi connectivity index (χ1n) is 8.92. The molecule has 1 unspecified atom stereocenters. The average Bonchev–Trinajstić information content (AvgIpc) is 3.30. The predicted octanol–water partition coefficient (Wildman–Crippen LogP) is 1.01. The molecule has 1 fully saturated rings. The molecule has 146 valence electrons. The van der Waals surface area contributed by atoms with Crippen molar-refractivity contribution in [1.29, 1.82) is 0 Å². The van der Waals surface area contributed by atoms with E-state index in [1.165, 1.54) is 5.56 Å². The molecule has 0 radical (unpaired) electrons. The molecular weight excluding hydrogens is 362 g/mol. The third-order valence-electron chi connectivity index (χ3n) is 4.74. The maximum Gasteiger partial charge on any atom is 0.246 e. The molecule has 27 heavy (non-hydrogen) atoms. The van der Waals surface area contributed by atoms with Gasteiger partial charge in [-0.15, -0.1) is 0 Å². The van der Waals surface area contributed by atoms with Crippen molar-refractivity contribution in [2.45, 2.75) is 6.04 Å². The molecule has 1 amide bonds. The van der Waals surface area contributed by atoms with Crippen LogP contribution >= 0.6 is 11.3 Å². The summed E-state index contributed by atoms with van der Waals surface area (Å²) < 4.78 is 1.71. The number of anilines is 1. The van der Waals surface area contributed by atoms with E-state index in [1.54, 1.807) is 34.2 Å². The fourth-order valence-electron chi connectivity index (χ4n) is 3.26. The highest BCUT2D eigenvalue weighted by molar-refractivity contribution is 7.07. The number of amides is 1. The van der Waals surface area contributed by atoms with Gasteiger partial charge in [-0.2, -0.15) is 16.4 Å². The van der Waals surface area contributed by atoms with Crippen LogP contribution in [0.1, 0.15) is 11.6 Å². The number of thiophene rings is 1. The van der Waals surface area contributed by atoms with Crippen molar-refractivity contribution >= 4 is 28.9 Å². The zero-order chi connectivity index (χ0) is 19.4. The topological polar surface area (TPSA) is 69.0 Å². The van der Waals surface area contributed by atoms with Crippen LogP contribution < -0.4 is 10.2 Å². The summed E-state index contributed by atoms with van der Waals surface area (Å²) in [5, 5.41) is 11.9. The first-order valence-corrected chi connectivity index (χ1v) is 9.87. The van der Waals surface area contributed by atoms with E-state index in [9.17, 15) is 4.79 Å². The normalized spacial score (nSPS) is 16.9. The molecule has 0 aromatic carbocycles. The van der Waals surface area contributed by atoms with Crippen LogP contribution in [0.5, 0.6) is 0 Å². The fraction of sp³-hybridized carbons (Fsp3) is 0.500. The number of carbonyl (C=O) groups is 1. The second-order valence-corrected chi connectivity index (χ2v) is 7.58. The molecule has 0 bridgehead atoms. The Morgan fingerprint density at radius 3 is 2.81 bits per heavy atom. The van der Waals surface area contributed by atoms with Crippen LogP contribution in [-0.2, 0) is 11.8 Å². The highest BCUT2D eigenvalue weighted by Gasteiger charge is 2.28. The van der Waals surface area contributed by atoms with Crippen LogP contribution in [0.25, 0.3) is 0 Å². The largest absolute Gasteiger partial charge is 0.354 e. The summed E-state index contributed by atoms with van der Waals surface area (Å²) in [6.07, 6.45) is 3.59. The zero-order valence-corrected chi connectivity index (χ0v) is 17.1. The molecule has 1 saturated heterocycles. The Morgan fingerprint density at radius 2 is 2.26 bits per heavy atom. The lowest BCUT2D eigenvalue weighted by atomic mass is 10.1. The van der Waals surface area contributed by atoms with Crippen molar-refractivity contribution in [2.24, 2.45) is 12.0 Å². The number of hydrogen-bond acceptors (Lipinski definition) is 5. The number of likely N-dealkylation sites (N-methyl/N-ethyl adjacent to an activating group) is 1. The van der Waals surface area contributed by atoms with E-state index in [1.807, 2.05) is 18.1 Å². The smallest absolute Gasteiger partial charge is 0.246 e. The van der Waals surface area contributed by atoms with Gasteiger partial charge in [0.15, 0.2) is 5.96 Å². The van der Waals surface area contributed by atoms with Crippen LogP contribution in [0.2, 0.25) is 0 Å². The number of aliphatic imine (C=N–C) groups is 1. The highest BCUT2D eigenvalue weighted by Crippen LogP contribution is 2.20. The van der Waals surface area contributed by atoms with Gasteiger partial charge in [0.1, 0.15) is 6.54 Å². The minimum Gasteiger partial charge on any atom is -0.354 e. The molecule has 0 aliphatic carbocycles. The number of nitrogens with zero attached hydrogens (tertiary/aromatic N) is 6. The fourth-order valence-corrected chi connectivity index (χ4v) is 3.97. The van der Waals surface area contributed by atoms with Crippen LogP contribution in [0.15, 0.2) is 34.2 Å². The quantitative estimate of drug-likeness (QED) is 0.611. The van der Waals surface area contributed by atoms with E-state index >= 15 is 0 Å². The van der Waals surface area contributed by atoms with E-state index in [4.69, 9.17) is 0 Å². The third kappa shape index (κ3) is 4.48. The van der Waals surface area contributed by atoms with Gasteiger partial charge in [0.2, 0.25) is 5.91 Å². The molecule has 1 N–H and O–H groups in total. The lowest BCUT2D eigenvalue weighted by Crippen LogP contribution is -2.56. The lowest BCUT2D eigenvalue weighted by molar-refractivity contribution is -0.120. The number of nitrogens with one attached hydrogen (secondary N) is 1. The summed E-state index contributed by atoms with van der Waals surface area (Å²) in [6.45, 7) is 2.38. The summed E-state index contributed by atoms with van der Waals surface area (Å²) in [7, 11) is 7.76. The molecule has 9 heteroatoms. The number of aryl methyl sites for hydroxylation is 1. The van der Waals surface area contributed by atoms with Gasteiger partial charge in [0.25, 0.3) is 0 Å². The molecule has 8 nitrogen and oxygen atoms in total. The number of carbonyl (C=O) groups excluding carboxylic acids is 1. The Morgan fingerprint density at radius 1 is 1.44 bits per heavy atom. The first kappa shape index (κ1) is 19.4. The van der Waals surface area contributed by atoms with E-state index in [0.717, 1.165) is 24.7 Å². The Kier molecular flexibility index (Phi) is 6.12. The van der Waals surface area contributed by atoms with E-state index < -0.39 is 0 Å². The second kappa shape index (κ2) is 8.53. The van der Waals surface area contributed by atoms with Gasteiger partial charge in [-0.1, -0.05) is 0 Å². The maximum atomic E-state index is 12.6. The number of piperazine rings is 1. The minimum absolute atomic E-state index is 0.0548. The van der Waals surface area contributed by atoms with Crippen LogP contribution in [0, 0.1) is 0 Å². The molecule has 1 aliphatic heterocycles. The summed E-state index contributed by atoms with van der Waals surface area (Å²) in [5.74, 6) is 0.815. The Hall–Kier alpha value is -2.39. The van der Waals surface area contributed by atoms with Crippen molar-refractivity contribution in [3.63, 3.8) is 0 Å². The third-order valence-corrected chi connectivity index (χ3v) is 5.44. The van der Waals surface area contributed by atoms with Gasteiger partial charge in [-0.3, -0.25) is 14.5 Å². The summed E-state index contributed by atoms with van der Waals surface area (Å²) in [5.41, 5.74) is 2.13. The Bertz CT molecular complexity index is 783. The van der Waals surface area contributed by atoms with Crippen LogP contribution in [0.3, 0.4) is 0 Å². The molecule has 3 rings (SSSR count). The summed E-state index contributed by atoms with van der Waals surface area (Å²) in [6, 6.07) is 2.40. The number of rotatable bonds is 5. The molecule has 0 saturated carbocycles. The number of aromatic nitrogens is 2. The van der Waals surface area contributed by atoms with Crippen molar-refractivity contribution < 1.29 is 4.79 Å². The monoisotopic (exact) mass is 389 g/mol. The zero-order valence-electron chi connectivity index (χ0n) is 16.3. The first-order chi connectivity index (χ1) is 13.0. The van der Waals surface area contributed by atoms with Crippen molar-refractivity contribution in [3.8, 4) is 0 Å². The number of hydrogen-bond donors (Lipinski definition) is 1. The van der Waals surface area contributed by atoms with Crippen LogP contribution in [0.4, 0.5) is 5.69 Å². The Balaban J connectivity index is 1.61. The molecule has 3 heterocycles. The molecule has 0 spiro atoms. The minimum atomic E-state index is 0.0548. The number of guanidine groups is 1. The van der Waals surface area contributed by atoms with Gasteiger partial charge in [-0.25, -0.2) is 0 Å². The molecular formula is C18H27N7OS. The van der Waals surface area contributed by atoms with Gasteiger partial charge >= 0.3 is 0 Å². The van der Waals surface area contributed by atoms with Crippen molar-refractivity contribution in [1.82, 2.24) is 24.9 Å². The maximum absolute atomic E-state index is 12.6. The summed E-state index contributed by atoms with van der Waals surface area (Å²) in [4.78, 5) is 23.0. The lowest BCUT2D eigenvalue weighted by Gasteiger charge is -2.36. The van der Waals surface area contributed by atoms with Crippen LogP contribution in [-0.4, -0.2) is 78.8 Å². The molecule has 1 aliphatic rings. The summed E-state index contributed by atoms with van der Waals surface area (Å²) >= 11 is 1.70. The Labute approximate surface area is 164 Å². The van der Waals surface area contributed by atoms with E-state index in [-0.39, 0.29) is 11.9 Å². The highest BCUT2D eigenvalue weighted by atomic mass is 32.1. The molecule has 1 atom stereocenters. The molecule has 2 aromatic heterocycles. The van der Waals surface area contributed by atoms with Crippen molar-refractivity contribution in [3.05, 3.63) is 34.8 Å². The predicted molar refractivity (Wildman–Crippen MR) is 109 cm³/mol. The van der Waals surface area contributed by atoms with Gasteiger partial charge in [0.05, 0.1) is 17.9 Å². The van der Waals surface area contributed by atoms with Gasteiger partial charge < -0.3 is 20.0 Å². The standard InChI is InChI=1S/C18H27N7OS/c1-19-18(20-10-16(22(2)3)14-5-8-27-13-14)24-6-7-25(17(26)12-24)15-9-21-23(4)11-15/h5,8-9,11,13,16H,6-7,10,12H2,1-4H3,(H,19,20). The van der Waals surface area contributed by atoms with Gasteiger partial charge in [-0.05, 0) is 36.5 Å². The molecule has 2 aromatic rings. The SMILES string of the molecule is CN=C(NCC(c1ccsc1)N(C)C)N1CCN(c2cnn(C)c2)C(=O)C1. The van der Waals surface area contributed by atoms with Crippen molar-refractivity contribution in [2.75, 3.05) is 52.2 Å².